The number of aromatic amines is 1. The van der Waals surface area contributed by atoms with Gasteiger partial charge >= 0.3 is 5.69 Å². The van der Waals surface area contributed by atoms with Crippen molar-refractivity contribution in [3.8, 4) is 0 Å². The van der Waals surface area contributed by atoms with Crippen LogP contribution in [0.3, 0.4) is 0 Å². The molecule has 25 heavy (non-hydrogen) atoms. The monoisotopic (exact) mass is 343 g/mol. The summed E-state index contributed by atoms with van der Waals surface area (Å²) < 4.78 is 2.00. The van der Waals surface area contributed by atoms with Crippen LogP contribution in [0.2, 0.25) is 0 Å². The first-order chi connectivity index (χ1) is 12.3. The number of para-hydroxylation sites is 1. The Morgan fingerprint density at radius 2 is 1.88 bits per heavy atom. The second-order valence-electron chi connectivity index (χ2n) is 7.64. The van der Waals surface area contributed by atoms with E-state index in [1.807, 2.05) is 10.6 Å². The maximum atomic E-state index is 12.5. The number of hydrogen-bond acceptors (Lipinski definition) is 2. The number of nitrogens with one attached hydrogen (secondary N) is 1. The van der Waals surface area contributed by atoms with Gasteiger partial charge in [0.1, 0.15) is 0 Å². The normalized spacial score (nSPS) is 15.9. The van der Waals surface area contributed by atoms with E-state index in [2.05, 4.69) is 17.1 Å². The Kier molecular flexibility index (Phi) is 6.74. The molecule has 1 aliphatic carbocycles. The molecule has 0 unspecified atom stereocenters. The number of hydrogen-bond donors (Lipinski definition) is 2. The number of aryl methyl sites for hydroxylation is 2. The summed E-state index contributed by atoms with van der Waals surface area (Å²) in [6.45, 7) is 1.64. The second-order valence-corrected chi connectivity index (χ2v) is 7.64. The first-order valence-corrected chi connectivity index (χ1v) is 10.2. The van der Waals surface area contributed by atoms with Crippen molar-refractivity contribution in [2.75, 3.05) is 6.54 Å². The molecule has 3 N–H and O–H groups in total. The number of fused-ring (bicyclic) bond motifs is 1. The third-order valence-corrected chi connectivity index (χ3v) is 5.76. The average Bonchev–Trinajstić information content (AvgIpc) is 2.96. The molecule has 0 saturated heterocycles. The van der Waals surface area contributed by atoms with Gasteiger partial charge in [0, 0.05) is 6.54 Å². The van der Waals surface area contributed by atoms with Crippen molar-refractivity contribution >= 4 is 11.0 Å². The molecule has 1 saturated carbocycles. The van der Waals surface area contributed by atoms with Gasteiger partial charge in [0.05, 0.1) is 11.0 Å². The lowest BCUT2D eigenvalue weighted by atomic mass is 9.87. The highest BCUT2D eigenvalue weighted by Gasteiger charge is 2.16. The summed E-state index contributed by atoms with van der Waals surface area (Å²) in [5.41, 5.74) is 9.08. The molecule has 1 fully saturated rings. The zero-order chi connectivity index (χ0) is 17.5. The van der Waals surface area contributed by atoms with Crippen LogP contribution in [0.5, 0.6) is 0 Å². The number of benzene rings is 1. The highest BCUT2D eigenvalue weighted by Crippen LogP contribution is 2.27. The molecule has 0 radical (unpaired) electrons. The lowest BCUT2D eigenvalue weighted by molar-refractivity contribution is 0.324. The molecule has 0 bridgehead atoms. The van der Waals surface area contributed by atoms with Crippen molar-refractivity contribution in [3.63, 3.8) is 0 Å². The number of nitrogens with zero attached hydrogens (tertiary/aromatic N) is 1. The smallest absolute Gasteiger partial charge is 0.326 e. The molecule has 4 nitrogen and oxygen atoms in total. The Bertz CT molecular complexity index is 709. The van der Waals surface area contributed by atoms with Gasteiger partial charge in [0.15, 0.2) is 0 Å². The molecule has 1 aliphatic rings. The zero-order valence-electron chi connectivity index (χ0n) is 15.4. The molecule has 4 heteroatoms. The van der Waals surface area contributed by atoms with Crippen LogP contribution in [0.15, 0.2) is 23.0 Å². The second kappa shape index (κ2) is 9.23. The molecule has 1 heterocycles. The van der Waals surface area contributed by atoms with Crippen molar-refractivity contribution in [1.29, 1.82) is 0 Å². The summed E-state index contributed by atoms with van der Waals surface area (Å²) in [6.07, 6.45) is 13.7. The first-order valence-electron chi connectivity index (χ1n) is 10.2. The fourth-order valence-electron chi connectivity index (χ4n) is 4.31. The summed E-state index contributed by atoms with van der Waals surface area (Å²) in [4.78, 5) is 15.5. The Labute approximate surface area is 150 Å². The van der Waals surface area contributed by atoms with Crippen LogP contribution in [0.4, 0.5) is 0 Å². The average molecular weight is 344 g/mol. The number of rotatable bonds is 9. The van der Waals surface area contributed by atoms with Gasteiger partial charge < -0.3 is 10.7 Å². The van der Waals surface area contributed by atoms with Gasteiger partial charge in [-0.3, -0.25) is 4.57 Å². The molecule has 0 amide bonds. The van der Waals surface area contributed by atoms with Crippen LogP contribution in [0.25, 0.3) is 11.0 Å². The molecule has 0 spiro atoms. The van der Waals surface area contributed by atoms with Gasteiger partial charge in [-0.05, 0) is 49.8 Å². The number of unbranched alkanes of at least 4 members (excludes halogenated alkanes) is 3. The van der Waals surface area contributed by atoms with Crippen LogP contribution in [0.1, 0.15) is 69.8 Å². The molecule has 0 atom stereocenters. The number of H-pyrrole nitrogens is 1. The Hall–Kier alpha value is -1.55. The van der Waals surface area contributed by atoms with Crippen LogP contribution < -0.4 is 11.4 Å². The lowest BCUT2D eigenvalue weighted by Gasteiger charge is -2.21. The standard InChI is InChI=1S/C21H33N3O/c22-15-7-2-1-6-11-18-12-8-13-19-20(18)24(21(25)23-19)16-14-17-9-4-3-5-10-17/h8,12-13,17H,1-7,9-11,14-16,22H2,(H,23,25). The minimum absolute atomic E-state index is 0.0568. The Balaban J connectivity index is 1.70. The molecule has 2 aromatic rings. The third kappa shape index (κ3) is 4.75. The number of imidazole rings is 1. The van der Waals surface area contributed by atoms with E-state index in [1.165, 1.54) is 56.9 Å². The predicted octanol–water partition coefficient (Wildman–Crippen LogP) is 4.36. The molecular formula is C21H33N3O. The molecular weight excluding hydrogens is 310 g/mol. The van der Waals surface area contributed by atoms with E-state index in [1.54, 1.807) is 0 Å². The van der Waals surface area contributed by atoms with Gasteiger partial charge in [-0.2, -0.15) is 0 Å². The highest BCUT2D eigenvalue weighted by atomic mass is 16.1. The van der Waals surface area contributed by atoms with Crippen LogP contribution in [0, 0.1) is 5.92 Å². The fraction of sp³-hybridized carbons (Fsp3) is 0.667. The topological polar surface area (TPSA) is 63.8 Å². The maximum Gasteiger partial charge on any atom is 0.326 e. The first kappa shape index (κ1) is 18.2. The van der Waals surface area contributed by atoms with Crippen molar-refractivity contribution in [2.45, 2.75) is 77.2 Å². The molecule has 0 aliphatic heterocycles. The number of aromatic nitrogens is 2. The quantitative estimate of drug-likeness (QED) is 0.664. The summed E-state index contributed by atoms with van der Waals surface area (Å²) in [7, 11) is 0. The SMILES string of the molecule is NCCCCCCc1cccc2[nH]c(=O)n(CCC3CCCCC3)c12. The molecule has 1 aromatic carbocycles. The van der Waals surface area contributed by atoms with Crippen molar-refractivity contribution in [3.05, 3.63) is 34.2 Å². The van der Waals surface area contributed by atoms with E-state index in [-0.39, 0.29) is 5.69 Å². The minimum atomic E-state index is 0.0568. The summed E-state index contributed by atoms with van der Waals surface area (Å²) in [5, 5.41) is 0. The van der Waals surface area contributed by atoms with E-state index in [0.29, 0.717) is 0 Å². The van der Waals surface area contributed by atoms with Crippen LogP contribution in [-0.2, 0) is 13.0 Å². The Morgan fingerprint density at radius 1 is 1.08 bits per heavy atom. The van der Waals surface area contributed by atoms with Crippen LogP contribution in [-0.4, -0.2) is 16.1 Å². The van der Waals surface area contributed by atoms with E-state index in [9.17, 15) is 4.79 Å². The molecule has 3 rings (SSSR count). The van der Waals surface area contributed by atoms with Crippen molar-refractivity contribution in [1.82, 2.24) is 9.55 Å². The molecule has 138 valence electrons. The van der Waals surface area contributed by atoms with E-state index < -0.39 is 0 Å². The Morgan fingerprint density at radius 3 is 2.68 bits per heavy atom. The van der Waals surface area contributed by atoms with Gasteiger partial charge in [-0.1, -0.05) is 57.1 Å². The largest absolute Gasteiger partial charge is 0.330 e. The van der Waals surface area contributed by atoms with E-state index in [4.69, 9.17) is 5.73 Å². The zero-order valence-corrected chi connectivity index (χ0v) is 15.4. The van der Waals surface area contributed by atoms with Gasteiger partial charge in [0.2, 0.25) is 0 Å². The van der Waals surface area contributed by atoms with E-state index >= 15 is 0 Å². The van der Waals surface area contributed by atoms with Gasteiger partial charge in [-0.15, -0.1) is 0 Å². The van der Waals surface area contributed by atoms with Crippen molar-refractivity contribution < 1.29 is 0 Å². The highest BCUT2D eigenvalue weighted by molar-refractivity contribution is 5.79. The van der Waals surface area contributed by atoms with Gasteiger partial charge in [-0.25, -0.2) is 4.79 Å². The molecule has 1 aromatic heterocycles. The number of nitrogens with two attached hydrogens (primary N) is 1. The lowest BCUT2D eigenvalue weighted by Crippen LogP contribution is -2.19. The summed E-state index contributed by atoms with van der Waals surface area (Å²) >= 11 is 0. The summed E-state index contributed by atoms with van der Waals surface area (Å²) in [5.74, 6) is 0.800. The van der Waals surface area contributed by atoms with Crippen molar-refractivity contribution in [2.24, 2.45) is 11.7 Å². The van der Waals surface area contributed by atoms with Gasteiger partial charge in [0.25, 0.3) is 0 Å². The fourth-order valence-corrected chi connectivity index (χ4v) is 4.31. The summed E-state index contributed by atoms with van der Waals surface area (Å²) in [6, 6.07) is 6.29. The van der Waals surface area contributed by atoms with Crippen LogP contribution >= 0.6 is 0 Å². The predicted molar refractivity (Wildman–Crippen MR) is 105 cm³/mol. The maximum absolute atomic E-state index is 12.5. The minimum Gasteiger partial charge on any atom is -0.330 e. The third-order valence-electron chi connectivity index (χ3n) is 5.76. The van der Waals surface area contributed by atoms with E-state index in [0.717, 1.165) is 49.3 Å².